The Labute approximate surface area is 87.2 Å². The minimum atomic E-state index is -5.17. The van der Waals surface area contributed by atoms with E-state index in [-0.39, 0.29) is 39.0 Å². The summed E-state index contributed by atoms with van der Waals surface area (Å²) >= 11 is 0. The molecule has 0 spiro atoms. The molecule has 0 amide bonds. The molecule has 0 bridgehead atoms. The molecule has 0 saturated heterocycles. The van der Waals surface area contributed by atoms with Gasteiger partial charge in [0, 0.05) is 10.4 Å². The first-order chi connectivity index (χ1) is 3.73. The molecular weight excluding hydrogens is 289 g/mol. The van der Waals surface area contributed by atoms with Gasteiger partial charge in [-0.1, -0.05) is 0 Å². The van der Waals surface area contributed by atoms with Crippen molar-refractivity contribution in [2.24, 2.45) is 0 Å². The molecule has 0 aromatic carbocycles. The molecule has 0 aliphatic heterocycles. The molecule has 0 saturated carbocycles. The molecule has 0 aromatic heterocycles. The molecule has 11 heteroatoms. The second kappa shape index (κ2) is 10.3. The molecular formula is NO7SZn2+. The largest absolute Gasteiger partial charge is 2.00 e. The Bertz CT molecular complexity index is 159. The third-order valence-electron chi connectivity index (χ3n) is 0. The van der Waals surface area contributed by atoms with Crippen LogP contribution in [0.3, 0.4) is 0 Å². The normalized spacial score (nSPS) is 7.45. The standard InChI is InChI=1S/NO3.H2O4S.2Zn/c2-1(3)4;1-5(2,3)4;;/h;(H2,1,2,3,4);;/q-1;;2*+2/p-2. The molecule has 0 aliphatic rings. The molecule has 0 atom stereocenters. The summed E-state index contributed by atoms with van der Waals surface area (Å²) in [6.45, 7) is 0. The van der Waals surface area contributed by atoms with E-state index in [2.05, 4.69) is 0 Å². The minimum absolute atomic E-state index is 0. The Kier molecular flexibility index (Phi) is 21.1. The fraction of sp³-hybridized carbons (Fsp3) is 0. The van der Waals surface area contributed by atoms with Crippen molar-refractivity contribution in [1.29, 1.82) is 0 Å². The van der Waals surface area contributed by atoms with Gasteiger partial charge in [0.25, 0.3) is 0 Å². The molecule has 0 N–H and O–H groups in total. The predicted octanol–water partition coefficient (Wildman–Crippen LogP) is -1.58. The topological polar surface area (TPSA) is 146 Å². The Morgan fingerprint density at radius 3 is 1.00 bits per heavy atom. The van der Waals surface area contributed by atoms with E-state index in [0.717, 1.165) is 0 Å². The van der Waals surface area contributed by atoms with Gasteiger partial charge in [0.05, 0.1) is 5.09 Å². The summed E-state index contributed by atoms with van der Waals surface area (Å²) in [6.07, 6.45) is 0. The average Bonchev–Trinajstić information content (AvgIpc) is 1.19. The van der Waals surface area contributed by atoms with Crippen LogP contribution < -0.4 is 0 Å². The van der Waals surface area contributed by atoms with Crippen LogP contribution in [0.5, 0.6) is 0 Å². The van der Waals surface area contributed by atoms with Crippen LogP contribution in [0.4, 0.5) is 0 Å². The van der Waals surface area contributed by atoms with Gasteiger partial charge in [-0.25, -0.2) is 0 Å². The third kappa shape index (κ3) is 7110. The number of nitrogens with zero attached hydrogens (tertiary/aromatic N) is 1. The van der Waals surface area contributed by atoms with Crippen molar-refractivity contribution in [3.05, 3.63) is 15.3 Å². The molecule has 11 heavy (non-hydrogen) atoms. The van der Waals surface area contributed by atoms with E-state index in [4.69, 9.17) is 32.8 Å². The van der Waals surface area contributed by atoms with E-state index in [1.54, 1.807) is 0 Å². The number of hydrogen-bond donors (Lipinski definition) is 0. The number of hydrogen-bond acceptors (Lipinski definition) is 7. The fourth-order valence-corrected chi connectivity index (χ4v) is 0. The van der Waals surface area contributed by atoms with Crippen LogP contribution in [-0.4, -0.2) is 22.6 Å². The van der Waals surface area contributed by atoms with Gasteiger partial charge in [0.1, 0.15) is 0 Å². The smallest absolute Gasteiger partial charge is 0.759 e. The van der Waals surface area contributed by atoms with Crippen molar-refractivity contribution in [2.45, 2.75) is 0 Å². The maximum atomic E-state index is 8.52. The zero-order chi connectivity index (χ0) is 8.08. The van der Waals surface area contributed by atoms with Crippen molar-refractivity contribution in [1.82, 2.24) is 0 Å². The molecule has 0 aliphatic carbocycles. The zero-order valence-electron chi connectivity index (χ0n) is 5.13. The summed E-state index contributed by atoms with van der Waals surface area (Å²) < 4.78 is 34.1. The van der Waals surface area contributed by atoms with Crippen molar-refractivity contribution < 1.29 is 61.6 Å². The predicted molar refractivity (Wildman–Crippen MR) is 20.8 cm³/mol. The first-order valence-electron chi connectivity index (χ1n) is 1.21. The van der Waals surface area contributed by atoms with E-state index in [0.29, 0.717) is 0 Å². The van der Waals surface area contributed by atoms with E-state index in [9.17, 15) is 0 Å². The molecule has 0 unspecified atom stereocenters. The van der Waals surface area contributed by atoms with Crippen molar-refractivity contribution in [3.63, 3.8) is 0 Å². The number of rotatable bonds is 0. The summed E-state index contributed by atoms with van der Waals surface area (Å²) in [6, 6.07) is 0. The van der Waals surface area contributed by atoms with Crippen LogP contribution in [0.2, 0.25) is 0 Å². The first-order valence-corrected chi connectivity index (χ1v) is 2.55. The second-order valence-electron chi connectivity index (χ2n) is 0.632. The summed E-state index contributed by atoms with van der Waals surface area (Å²) in [5.41, 5.74) is 0. The van der Waals surface area contributed by atoms with Crippen molar-refractivity contribution >= 4 is 10.4 Å². The monoisotopic (exact) mass is 286 g/mol. The second-order valence-corrected chi connectivity index (χ2v) is 1.45. The minimum Gasteiger partial charge on any atom is -0.759 e. The van der Waals surface area contributed by atoms with Gasteiger partial charge < -0.3 is 24.4 Å². The van der Waals surface area contributed by atoms with Crippen LogP contribution in [0.1, 0.15) is 0 Å². The summed E-state index contributed by atoms with van der Waals surface area (Å²) in [5.74, 6) is 0. The maximum Gasteiger partial charge on any atom is 2.00 e. The van der Waals surface area contributed by atoms with E-state index >= 15 is 0 Å². The van der Waals surface area contributed by atoms with Gasteiger partial charge in [-0.05, 0) is 0 Å². The molecule has 0 rings (SSSR count). The van der Waals surface area contributed by atoms with Crippen molar-refractivity contribution in [3.8, 4) is 0 Å². The van der Waals surface area contributed by atoms with Crippen molar-refractivity contribution in [2.75, 3.05) is 0 Å². The molecule has 8 nitrogen and oxygen atoms in total. The fourth-order valence-electron chi connectivity index (χ4n) is 0. The van der Waals surface area contributed by atoms with Gasteiger partial charge in [-0.2, -0.15) is 0 Å². The average molecular weight is 289 g/mol. The van der Waals surface area contributed by atoms with E-state index in [1.165, 1.54) is 0 Å². The zero-order valence-corrected chi connectivity index (χ0v) is 11.9. The Hall–Kier alpha value is 0.317. The molecule has 0 aromatic rings. The Balaban J connectivity index is -0.0000000383. The molecule has 56 valence electrons. The Morgan fingerprint density at radius 1 is 1.00 bits per heavy atom. The van der Waals surface area contributed by atoms with Gasteiger partial charge >= 0.3 is 39.0 Å². The van der Waals surface area contributed by atoms with Gasteiger partial charge in [0.2, 0.25) is 0 Å². The maximum absolute atomic E-state index is 8.52. The SMILES string of the molecule is O=S(=O)([O-])[O-].O=[N+]([O-])[O-].[Zn+2].[Zn+2]. The van der Waals surface area contributed by atoms with Gasteiger partial charge in [-0.3, -0.25) is 8.42 Å². The first kappa shape index (κ1) is 22.5. The van der Waals surface area contributed by atoms with E-state index < -0.39 is 15.5 Å². The van der Waals surface area contributed by atoms with Crippen LogP contribution in [0.15, 0.2) is 0 Å². The summed E-state index contributed by atoms with van der Waals surface area (Å²) in [4.78, 5) is 8.25. The van der Waals surface area contributed by atoms with Crippen LogP contribution in [0.25, 0.3) is 0 Å². The van der Waals surface area contributed by atoms with Gasteiger partial charge in [0.15, 0.2) is 0 Å². The Morgan fingerprint density at radius 2 is 1.00 bits per heavy atom. The molecule has 0 heterocycles. The van der Waals surface area contributed by atoms with Crippen LogP contribution in [0, 0.1) is 15.3 Å². The molecule has 0 radical (unpaired) electrons. The summed E-state index contributed by atoms with van der Waals surface area (Å²) in [5, 5.41) is 14.8. The molecule has 0 fully saturated rings. The van der Waals surface area contributed by atoms with Crippen LogP contribution >= 0.6 is 0 Å². The van der Waals surface area contributed by atoms with Gasteiger partial charge in [-0.15, -0.1) is 0 Å². The summed E-state index contributed by atoms with van der Waals surface area (Å²) in [7, 11) is -5.17. The third-order valence-corrected chi connectivity index (χ3v) is 0. The van der Waals surface area contributed by atoms with Crippen LogP contribution in [-0.2, 0) is 49.4 Å². The van der Waals surface area contributed by atoms with E-state index in [1.807, 2.05) is 0 Å². The quantitative estimate of drug-likeness (QED) is 0.172.